The molecule has 0 radical (unpaired) electrons. The number of thioether (sulfide) groups is 1. The van der Waals surface area contributed by atoms with Crippen LogP contribution in [0.2, 0.25) is 5.02 Å². The Labute approximate surface area is 125 Å². The Hall–Kier alpha value is -0.190. The third-order valence-electron chi connectivity index (χ3n) is 3.94. The van der Waals surface area contributed by atoms with E-state index in [9.17, 15) is 0 Å². The van der Waals surface area contributed by atoms with Crippen molar-refractivity contribution >= 4 is 23.4 Å². The van der Waals surface area contributed by atoms with Crippen LogP contribution in [0.3, 0.4) is 0 Å². The first-order valence-corrected chi connectivity index (χ1v) is 8.51. The number of aryl methyl sites for hydroxylation is 2. The van der Waals surface area contributed by atoms with Crippen LogP contribution < -0.4 is 5.32 Å². The number of nitrogens with one attached hydrogen (secondary N) is 1. The van der Waals surface area contributed by atoms with Gasteiger partial charge in [-0.3, -0.25) is 4.68 Å². The highest BCUT2D eigenvalue weighted by Gasteiger charge is 2.20. The van der Waals surface area contributed by atoms with Crippen LogP contribution in [0.4, 0.5) is 0 Å². The molecule has 1 aliphatic rings. The predicted molar refractivity (Wildman–Crippen MR) is 84.2 cm³/mol. The summed E-state index contributed by atoms with van der Waals surface area (Å²) in [4.78, 5) is 0. The number of halogens is 1. The largest absolute Gasteiger partial charge is 0.316 e. The summed E-state index contributed by atoms with van der Waals surface area (Å²) in [6, 6.07) is 0.470. The lowest BCUT2D eigenvalue weighted by atomic mass is 10.2. The first kappa shape index (κ1) is 15.2. The van der Waals surface area contributed by atoms with Crippen LogP contribution in [0.15, 0.2) is 0 Å². The molecule has 1 aliphatic carbocycles. The Morgan fingerprint density at radius 1 is 1.47 bits per heavy atom. The predicted octanol–water partition coefficient (Wildman–Crippen LogP) is 3.19. The van der Waals surface area contributed by atoms with Gasteiger partial charge in [0, 0.05) is 30.5 Å². The molecule has 5 heteroatoms. The molecule has 1 unspecified atom stereocenters. The van der Waals surface area contributed by atoms with E-state index in [1.807, 2.05) is 25.7 Å². The van der Waals surface area contributed by atoms with Gasteiger partial charge >= 0.3 is 0 Å². The number of hydrogen-bond acceptors (Lipinski definition) is 3. The Bertz CT molecular complexity index is 413. The number of nitrogens with zero attached hydrogens (tertiary/aromatic N) is 2. The van der Waals surface area contributed by atoms with E-state index in [1.165, 1.54) is 25.7 Å². The molecule has 0 amide bonds. The highest BCUT2D eigenvalue weighted by atomic mass is 35.5. The van der Waals surface area contributed by atoms with Crippen LogP contribution >= 0.6 is 23.4 Å². The molecule has 3 nitrogen and oxygen atoms in total. The van der Waals surface area contributed by atoms with Gasteiger partial charge in [-0.15, -0.1) is 0 Å². The standard InChI is InChI=1S/C14H24ClN3S/c1-10-14(15)13(18(3)17-10)8-11(16-2)9-19-12-6-4-5-7-12/h11-12,16H,4-9H2,1-3H3. The topological polar surface area (TPSA) is 29.9 Å². The molecule has 1 fully saturated rings. The van der Waals surface area contributed by atoms with Crippen LogP contribution in [-0.2, 0) is 13.5 Å². The van der Waals surface area contributed by atoms with Gasteiger partial charge in [-0.25, -0.2) is 0 Å². The van der Waals surface area contributed by atoms with Crippen molar-refractivity contribution in [2.75, 3.05) is 12.8 Å². The lowest BCUT2D eigenvalue weighted by Crippen LogP contribution is -2.31. The fourth-order valence-electron chi connectivity index (χ4n) is 2.69. The molecular weight excluding hydrogens is 278 g/mol. The third kappa shape index (κ3) is 3.89. The maximum absolute atomic E-state index is 6.32. The first-order chi connectivity index (χ1) is 9.11. The van der Waals surface area contributed by atoms with E-state index in [2.05, 4.69) is 22.2 Å². The molecular formula is C14H24ClN3S. The minimum absolute atomic E-state index is 0.470. The molecule has 108 valence electrons. The highest BCUT2D eigenvalue weighted by molar-refractivity contribution is 7.99. The Morgan fingerprint density at radius 2 is 2.16 bits per heavy atom. The molecule has 0 saturated heterocycles. The molecule has 0 aliphatic heterocycles. The number of likely N-dealkylation sites (N-methyl/N-ethyl adjacent to an activating group) is 1. The zero-order valence-electron chi connectivity index (χ0n) is 12.1. The lowest BCUT2D eigenvalue weighted by molar-refractivity contribution is 0.581. The van der Waals surface area contributed by atoms with Crippen molar-refractivity contribution in [3.63, 3.8) is 0 Å². The van der Waals surface area contributed by atoms with E-state index >= 15 is 0 Å². The van der Waals surface area contributed by atoms with Crippen LogP contribution in [-0.4, -0.2) is 33.9 Å². The van der Waals surface area contributed by atoms with Crippen LogP contribution in [0, 0.1) is 6.92 Å². The summed E-state index contributed by atoms with van der Waals surface area (Å²) in [5.74, 6) is 1.15. The first-order valence-electron chi connectivity index (χ1n) is 7.08. The number of hydrogen-bond donors (Lipinski definition) is 1. The molecule has 1 aromatic heterocycles. The van der Waals surface area contributed by atoms with Gasteiger partial charge in [0.05, 0.1) is 16.4 Å². The molecule has 1 heterocycles. The van der Waals surface area contributed by atoms with Crippen molar-refractivity contribution in [3.05, 3.63) is 16.4 Å². The normalized spacial score (nSPS) is 18.1. The van der Waals surface area contributed by atoms with Crippen molar-refractivity contribution in [3.8, 4) is 0 Å². The van der Waals surface area contributed by atoms with E-state index in [0.29, 0.717) is 6.04 Å². The Balaban J connectivity index is 1.90. The van der Waals surface area contributed by atoms with E-state index in [-0.39, 0.29) is 0 Å². The molecule has 2 rings (SSSR count). The zero-order chi connectivity index (χ0) is 13.8. The Kier molecular flexibility index (Phi) is 5.60. The van der Waals surface area contributed by atoms with E-state index in [4.69, 9.17) is 11.6 Å². The smallest absolute Gasteiger partial charge is 0.0847 e. The van der Waals surface area contributed by atoms with Crippen molar-refractivity contribution in [2.45, 2.75) is 50.3 Å². The fourth-order valence-corrected chi connectivity index (χ4v) is 4.38. The maximum Gasteiger partial charge on any atom is 0.0847 e. The Morgan fingerprint density at radius 3 is 2.68 bits per heavy atom. The fraction of sp³-hybridized carbons (Fsp3) is 0.786. The molecule has 1 aromatic rings. The molecule has 0 aromatic carbocycles. The van der Waals surface area contributed by atoms with Crippen LogP contribution in [0.1, 0.15) is 37.1 Å². The van der Waals surface area contributed by atoms with Gasteiger partial charge in [-0.1, -0.05) is 24.4 Å². The SMILES string of the molecule is CNC(CSC1CCCC1)Cc1c(Cl)c(C)nn1C. The summed E-state index contributed by atoms with van der Waals surface area (Å²) < 4.78 is 1.92. The second-order valence-electron chi connectivity index (χ2n) is 5.40. The molecule has 1 saturated carbocycles. The van der Waals surface area contributed by atoms with Gasteiger partial charge in [0.15, 0.2) is 0 Å². The molecule has 0 bridgehead atoms. The van der Waals surface area contributed by atoms with Crippen LogP contribution in [0.5, 0.6) is 0 Å². The minimum atomic E-state index is 0.470. The lowest BCUT2D eigenvalue weighted by Gasteiger charge is -2.18. The summed E-state index contributed by atoms with van der Waals surface area (Å²) in [6.45, 7) is 1.97. The second-order valence-corrected chi connectivity index (χ2v) is 7.11. The van der Waals surface area contributed by atoms with Crippen molar-refractivity contribution < 1.29 is 0 Å². The van der Waals surface area contributed by atoms with Gasteiger partial charge in [0.25, 0.3) is 0 Å². The van der Waals surface area contributed by atoms with Crippen LogP contribution in [0.25, 0.3) is 0 Å². The summed E-state index contributed by atoms with van der Waals surface area (Å²) >= 11 is 8.44. The maximum atomic E-state index is 6.32. The van der Waals surface area contributed by atoms with Gasteiger partial charge in [-0.05, 0) is 26.8 Å². The van der Waals surface area contributed by atoms with Gasteiger partial charge < -0.3 is 5.32 Å². The summed E-state index contributed by atoms with van der Waals surface area (Å²) in [5, 5.41) is 9.51. The quantitative estimate of drug-likeness (QED) is 0.875. The highest BCUT2D eigenvalue weighted by Crippen LogP contribution is 2.30. The van der Waals surface area contributed by atoms with Crippen molar-refractivity contribution in [2.24, 2.45) is 7.05 Å². The molecule has 19 heavy (non-hydrogen) atoms. The summed E-state index contributed by atoms with van der Waals surface area (Å²) in [7, 11) is 4.02. The van der Waals surface area contributed by atoms with E-state index in [0.717, 1.165) is 33.8 Å². The molecule has 1 atom stereocenters. The third-order valence-corrected chi connectivity index (χ3v) is 5.97. The summed E-state index contributed by atoms with van der Waals surface area (Å²) in [6.07, 6.45) is 6.56. The van der Waals surface area contributed by atoms with E-state index < -0.39 is 0 Å². The number of rotatable bonds is 6. The molecule has 0 spiro atoms. The summed E-state index contributed by atoms with van der Waals surface area (Å²) in [5.41, 5.74) is 2.07. The van der Waals surface area contributed by atoms with E-state index in [1.54, 1.807) is 0 Å². The van der Waals surface area contributed by atoms with Gasteiger partial charge in [0.2, 0.25) is 0 Å². The van der Waals surface area contributed by atoms with Gasteiger partial charge in [0.1, 0.15) is 0 Å². The average molecular weight is 302 g/mol. The average Bonchev–Trinajstić information content (AvgIpc) is 2.98. The zero-order valence-corrected chi connectivity index (χ0v) is 13.7. The number of aromatic nitrogens is 2. The van der Waals surface area contributed by atoms with Gasteiger partial charge in [-0.2, -0.15) is 16.9 Å². The molecule has 1 N–H and O–H groups in total. The van der Waals surface area contributed by atoms with Crippen molar-refractivity contribution in [1.29, 1.82) is 0 Å². The second kappa shape index (κ2) is 7.00. The van der Waals surface area contributed by atoms with Crippen molar-refractivity contribution in [1.82, 2.24) is 15.1 Å². The minimum Gasteiger partial charge on any atom is -0.316 e. The monoisotopic (exact) mass is 301 g/mol.